The molecule has 2 aromatic carbocycles. The number of ketones is 2. The van der Waals surface area contributed by atoms with E-state index in [1.165, 1.54) is 0 Å². The highest BCUT2D eigenvalue weighted by Crippen LogP contribution is 2.18. The molecule has 0 aliphatic rings. The molecule has 3 nitrogen and oxygen atoms in total. The second-order valence-electron chi connectivity index (χ2n) is 6.09. The molecule has 0 unspecified atom stereocenters. The Hall–Kier alpha value is -3.07. The molecule has 3 rings (SSSR count). The van der Waals surface area contributed by atoms with Crippen molar-refractivity contribution in [3.05, 3.63) is 100 Å². The van der Waals surface area contributed by atoms with Crippen molar-refractivity contribution in [3.8, 4) is 0 Å². The molecular weight excluding hydrogens is 310 g/mol. The standard InChI is InChI=1S/C22H20NO2/c1-15-19(21(24)17-10-6-4-7-11-17)14-20(16(2)23(15)3)22(25)18-12-8-5-9-13-18/h4-14H,1-3H3/q+1. The average Bonchev–Trinajstić information content (AvgIpc) is 2.67. The molecule has 0 saturated heterocycles. The number of aromatic nitrogens is 1. The molecule has 25 heavy (non-hydrogen) atoms. The summed E-state index contributed by atoms with van der Waals surface area (Å²) in [6, 6.07) is 20.0. The van der Waals surface area contributed by atoms with E-state index in [1.807, 2.05) is 61.9 Å². The van der Waals surface area contributed by atoms with Gasteiger partial charge in [0.25, 0.3) is 0 Å². The van der Waals surface area contributed by atoms with Crippen LogP contribution < -0.4 is 4.57 Å². The Morgan fingerprint density at radius 1 is 0.680 bits per heavy atom. The van der Waals surface area contributed by atoms with Gasteiger partial charge in [0, 0.05) is 25.0 Å². The third-order valence-corrected chi connectivity index (χ3v) is 4.64. The smallest absolute Gasteiger partial charge is 0.199 e. The number of rotatable bonds is 4. The zero-order valence-electron chi connectivity index (χ0n) is 14.6. The number of benzene rings is 2. The van der Waals surface area contributed by atoms with Crippen molar-refractivity contribution in [2.75, 3.05) is 0 Å². The maximum Gasteiger partial charge on any atom is 0.199 e. The summed E-state index contributed by atoms with van der Waals surface area (Å²) in [5.74, 6) is -0.147. The normalized spacial score (nSPS) is 10.5. The summed E-state index contributed by atoms with van der Waals surface area (Å²) in [7, 11) is 1.88. The lowest BCUT2D eigenvalue weighted by Gasteiger charge is -2.10. The third-order valence-electron chi connectivity index (χ3n) is 4.64. The number of hydrogen-bond donors (Lipinski definition) is 0. The zero-order valence-corrected chi connectivity index (χ0v) is 14.6. The van der Waals surface area contributed by atoms with Crippen LogP contribution in [0.25, 0.3) is 0 Å². The van der Waals surface area contributed by atoms with Crippen LogP contribution in [0.4, 0.5) is 0 Å². The molecule has 0 aliphatic carbocycles. The van der Waals surface area contributed by atoms with Crippen LogP contribution in [0, 0.1) is 13.8 Å². The summed E-state index contributed by atoms with van der Waals surface area (Å²) in [6.07, 6.45) is 0. The van der Waals surface area contributed by atoms with E-state index >= 15 is 0 Å². The summed E-state index contributed by atoms with van der Waals surface area (Å²) in [5, 5.41) is 0. The van der Waals surface area contributed by atoms with Gasteiger partial charge in [0.1, 0.15) is 7.05 Å². The molecule has 0 N–H and O–H groups in total. The van der Waals surface area contributed by atoms with E-state index < -0.39 is 0 Å². The van der Waals surface area contributed by atoms with Gasteiger partial charge in [0.15, 0.2) is 23.0 Å². The zero-order chi connectivity index (χ0) is 18.0. The highest BCUT2D eigenvalue weighted by molar-refractivity contribution is 6.13. The Kier molecular flexibility index (Phi) is 4.57. The first-order chi connectivity index (χ1) is 12.0. The lowest BCUT2D eigenvalue weighted by molar-refractivity contribution is -0.684. The molecule has 1 heterocycles. The van der Waals surface area contributed by atoms with Gasteiger partial charge >= 0.3 is 0 Å². The van der Waals surface area contributed by atoms with Crippen LogP contribution in [0.15, 0.2) is 66.7 Å². The fourth-order valence-electron chi connectivity index (χ4n) is 2.92. The summed E-state index contributed by atoms with van der Waals surface area (Å²) >= 11 is 0. The fraction of sp³-hybridized carbons (Fsp3) is 0.136. The van der Waals surface area contributed by atoms with Crippen molar-refractivity contribution in [2.24, 2.45) is 7.05 Å². The van der Waals surface area contributed by atoms with Gasteiger partial charge in [-0.05, 0) is 6.07 Å². The van der Waals surface area contributed by atoms with E-state index in [-0.39, 0.29) is 11.6 Å². The molecule has 0 atom stereocenters. The Bertz CT molecular complexity index is 869. The molecule has 0 radical (unpaired) electrons. The quantitative estimate of drug-likeness (QED) is 0.541. The van der Waals surface area contributed by atoms with Crippen LogP contribution in [0.3, 0.4) is 0 Å². The van der Waals surface area contributed by atoms with Crippen LogP contribution in [-0.4, -0.2) is 11.6 Å². The van der Waals surface area contributed by atoms with Gasteiger partial charge in [-0.1, -0.05) is 60.7 Å². The van der Waals surface area contributed by atoms with Crippen molar-refractivity contribution in [2.45, 2.75) is 13.8 Å². The van der Waals surface area contributed by atoms with Crippen molar-refractivity contribution < 1.29 is 14.2 Å². The molecule has 124 valence electrons. The first-order valence-corrected chi connectivity index (χ1v) is 8.20. The van der Waals surface area contributed by atoms with Gasteiger partial charge in [-0.15, -0.1) is 0 Å². The highest BCUT2D eigenvalue weighted by Gasteiger charge is 2.25. The molecule has 0 aliphatic heterocycles. The van der Waals surface area contributed by atoms with Crippen molar-refractivity contribution >= 4 is 11.6 Å². The van der Waals surface area contributed by atoms with Crippen LogP contribution in [0.5, 0.6) is 0 Å². The number of carbonyl (C=O) groups is 2. The molecule has 3 heteroatoms. The van der Waals surface area contributed by atoms with E-state index in [0.717, 1.165) is 11.4 Å². The third kappa shape index (κ3) is 3.13. The predicted molar refractivity (Wildman–Crippen MR) is 96.8 cm³/mol. The summed E-state index contributed by atoms with van der Waals surface area (Å²) in [5.41, 5.74) is 4.03. The minimum absolute atomic E-state index is 0.0733. The Balaban J connectivity index is 2.14. The number of pyridine rings is 1. The Morgan fingerprint density at radius 3 is 1.40 bits per heavy atom. The fourth-order valence-corrected chi connectivity index (χ4v) is 2.92. The van der Waals surface area contributed by atoms with Crippen LogP contribution in [0.1, 0.15) is 43.2 Å². The lowest BCUT2D eigenvalue weighted by Crippen LogP contribution is -2.39. The molecule has 0 amide bonds. The molecule has 0 spiro atoms. The monoisotopic (exact) mass is 330 g/mol. The van der Waals surface area contributed by atoms with Crippen molar-refractivity contribution in [1.29, 1.82) is 0 Å². The van der Waals surface area contributed by atoms with Crippen LogP contribution in [-0.2, 0) is 7.05 Å². The maximum absolute atomic E-state index is 12.9. The molecular formula is C22H20NO2+. The Labute approximate surface area is 147 Å². The van der Waals surface area contributed by atoms with Crippen LogP contribution >= 0.6 is 0 Å². The van der Waals surface area contributed by atoms with Gasteiger partial charge in [0.05, 0.1) is 11.1 Å². The molecule has 0 bridgehead atoms. The first kappa shape index (κ1) is 16.8. The topological polar surface area (TPSA) is 38.0 Å². The SMILES string of the molecule is Cc1c(C(=O)c2ccccc2)cc(C(=O)c2ccccc2)c(C)[n+]1C. The van der Waals surface area contributed by atoms with Gasteiger partial charge in [-0.3, -0.25) is 9.59 Å². The van der Waals surface area contributed by atoms with Gasteiger partial charge < -0.3 is 0 Å². The number of nitrogens with zero attached hydrogens (tertiary/aromatic N) is 1. The largest absolute Gasteiger partial charge is 0.288 e. The average molecular weight is 330 g/mol. The van der Waals surface area contributed by atoms with Gasteiger partial charge in [-0.2, -0.15) is 0 Å². The van der Waals surface area contributed by atoms with E-state index in [1.54, 1.807) is 30.3 Å². The summed E-state index contributed by atoms with van der Waals surface area (Å²) in [6.45, 7) is 3.81. The number of carbonyl (C=O) groups excluding carboxylic acids is 2. The minimum atomic E-state index is -0.0733. The number of hydrogen-bond acceptors (Lipinski definition) is 2. The lowest BCUT2D eigenvalue weighted by atomic mass is 9.95. The van der Waals surface area contributed by atoms with Gasteiger partial charge in [0.2, 0.25) is 0 Å². The summed E-state index contributed by atoms with van der Waals surface area (Å²) in [4.78, 5) is 25.8. The van der Waals surface area contributed by atoms with E-state index in [4.69, 9.17) is 0 Å². The second-order valence-corrected chi connectivity index (χ2v) is 6.09. The molecule has 1 aromatic heterocycles. The van der Waals surface area contributed by atoms with Crippen molar-refractivity contribution in [3.63, 3.8) is 0 Å². The Morgan fingerprint density at radius 2 is 1.04 bits per heavy atom. The maximum atomic E-state index is 12.9. The highest BCUT2D eigenvalue weighted by atomic mass is 16.1. The van der Waals surface area contributed by atoms with E-state index in [0.29, 0.717) is 22.3 Å². The first-order valence-electron chi connectivity index (χ1n) is 8.20. The molecule has 3 aromatic rings. The predicted octanol–water partition coefficient (Wildman–Crippen LogP) is 3.59. The second kappa shape index (κ2) is 6.81. The minimum Gasteiger partial charge on any atom is -0.288 e. The van der Waals surface area contributed by atoms with Crippen LogP contribution in [0.2, 0.25) is 0 Å². The molecule has 0 fully saturated rings. The van der Waals surface area contributed by atoms with Gasteiger partial charge in [-0.25, -0.2) is 4.57 Å². The van der Waals surface area contributed by atoms with E-state index in [2.05, 4.69) is 0 Å². The van der Waals surface area contributed by atoms with E-state index in [9.17, 15) is 9.59 Å². The summed E-state index contributed by atoms with van der Waals surface area (Å²) < 4.78 is 1.91. The van der Waals surface area contributed by atoms with Crippen molar-refractivity contribution in [1.82, 2.24) is 0 Å². The molecule has 0 saturated carbocycles.